The second-order valence-electron chi connectivity index (χ2n) is 3.38. The van der Waals surface area contributed by atoms with Crippen LogP contribution in [0.3, 0.4) is 0 Å². The maximum Gasteiger partial charge on any atom is 0.264 e. The van der Waals surface area contributed by atoms with Crippen molar-refractivity contribution in [1.29, 1.82) is 0 Å². The van der Waals surface area contributed by atoms with Crippen LogP contribution in [0, 0.1) is 5.82 Å². The van der Waals surface area contributed by atoms with E-state index in [-0.39, 0.29) is 10.6 Å². The van der Waals surface area contributed by atoms with E-state index >= 15 is 0 Å². The van der Waals surface area contributed by atoms with Gasteiger partial charge in [-0.1, -0.05) is 6.07 Å². The Hall–Kier alpha value is -2.22. The number of aromatic nitrogens is 2. The highest BCUT2D eigenvalue weighted by Crippen LogP contribution is 2.22. The van der Waals surface area contributed by atoms with E-state index in [4.69, 9.17) is 5.73 Å². The third kappa shape index (κ3) is 2.38. The number of para-hydroxylation sites is 1. The van der Waals surface area contributed by atoms with Crippen LogP contribution in [-0.2, 0) is 10.0 Å². The summed E-state index contributed by atoms with van der Waals surface area (Å²) in [5.41, 5.74) is 5.14. The molecule has 0 unspecified atom stereocenters. The molecule has 8 heteroatoms. The minimum atomic E-state index is -3.96. The predicted molar refractivity (Wildman–Crippen MR) is 63.7 cm³/mol. The van der Waals surface area contributed by atoms with Crippen molar-refractivity contribution in [2.45, 2.75) is 4.90 Å². The summed E-state index contributed by atoms with van der Waals surface area (Å²) in [5.74, 6) is -0.790. The number of hydrogen-bond donors (Lipinski definition) is 2. The van der Waals surface area contributed by atoms with Crippen molar-refractivity contribution in [3.05, 3.63) is 42.7 Å². The molecule has 2 rings (SSSR count). The normalized spacial score (nSPS) is 11.2. The molecule has 18 heavy (non-hydrogen) atoms. The molecule has 0 bridgehead atoms. The lowest BCUT2D eigenvalue weighted by molar-refractivity contribution is 0.597. The fraction of sp³-hybridized carbons (Fsp3) is 0. The summed E-state index contributed by atoms with van der Waals surface area (Å²) in [4.78, 5) is 6.99. The number of anilines is 2. The lowest BCUT2D eigenvalue weighted by atomic mass is 10.3. The molecule has 1 aromatic carbocycles. The number of hydrogen-bond acceptors (Lipinski definition) is 5. The highest BCUT2D eigenvalue weighted by Gasteiger charge is 2.19. The smallest absolute Gasteiger partial charge is 0.264 e. The van der Waals surface area contributed by atoms with Gasteiger partial charge in [0.15, 0.2) is 0 Å². The summed E-state index contributed by atoms with van der Waals surface area (Å²) in [7, 11) is -3.96. The largest absolute Gasteiger partial charge is 0.395 e. The van der Waals surface area contributed by atoms with E-state index in [1.165, 1.54) is 30.9 Å². The van der Waals surface area contributed by atoms with Gasteiger partial charge in [-0.3, -0.25) is 4.72 Å². The average Bonchev–Trinajstić information content (AvgIpc) is 2.33. The van der Waals surface area contributed by atoms with Crippen molar-refractivity contribution in [3.63, 3.8) is 0 Å². The number of nitrogens with one attached hydrogen (secondary N) is 1. The second-order valence-corrected chi connectivity index (χ2v) is 5.04. The minimum Gasteiger partial charge on any atom is -0.395 e. The molecule has 0 aliphatic carbocycles. The van der Waals surface area contributed by atoms with E-state index in [0.29, 0.717) is 0 Å². The third-order valence-corrected chi connectivity index (χ3v) is 3.55. The van der Waals surface area contributed by atoms with Crippen molar-refractivity contribution in [3.8, 4) is 0 Å². The molecular formula is C10H9FN4O2S. The lowest BCUT2D eigenvalue weighted by Crippen LogP contribution is -2.15. The Labute approximate surface area is 103 Å². The van der Waals surface area contributed by atoms with Gasteiger partial charge in [0.05, 0.1) is 23.8 Å². The Balaban J connectivity index is 2.41. The highest BCUT2D eigenvalue weighted by molar-refractivity contribution is 7.92. The van der Waals surface area contributed by atoms with E-state index < -0.39 is 21.5 Å². The SMILES string of the molecule is Nc1c(F)cccc1S(=O)(=O)Nc1cncnc1. The number of nitrogen functional groups attached to an aromatic ring is 1. The number of halogens is 1. The van der Waals surface area contributed by atoms with Gasteiger partial charge in [0.1, 0.15) is 17.0 Å². The molecule has 2 aromatic rings. The van der Waals surface area contributed by atoms with Gasteiger partial charge >= 0.3 is 0 Å². The first-order valence-corrected chi connectivity index (χ1v) is 6.31. The third-order valence-electron chi connectivity index (χ3n) is 2.12. The molecule has 0 atom stereocenters. The Kier molecular flexibility index (Phi) is 3.11. The van der Waals surface area contributed by atoms with Gasteiger partial charge in [0, 0.05) is 0 Å². The average molecular weight is 268 g/mol. The predicted octanol–water partition coefficient (Wildman–Crippen LogP) is 0.999. The number of rotatable bonds is 3. The van der Waals surface area contributed by atoms with E-state index in [9.17, 15) is 12.8 Å². The number of nitrogens with two attached hydrogens (primary N) is 1. The maximum atomic E-state index is 13.2. The molecule has 0 saturated carbocycles. The number of benzene rings is 1. The Morgan fingerprint density at radius 3 is 2.56 bits per heavy atom. The maximum absolute atomic E-state index is 13.2. The van der Waals surface area contributed by atoms with Gasteiger partial charge < -0.3 is 5.73 Å². The molecule has 0 fully saturated rings. The molecule has 0 saturated heterocycles. The number of nitrogens with zero attached hydrogens (tertiary/aromatic N) is 2. The van der Waals surface area contributed by atoms with E-state index in [2.05, 4.69) is 14.7 Å². The molecular weight excluding hydrogens is 259 g/mol. The molecule has 0 aliphatic rings. The molecule has 6 nitrogen and oxygen atoms in total. The quantitative estimate of drug-likeness (QED) is 0.809. The highest BCUT2D eigenvalue weighted by atomic mass is 32.2. The Morgan fingerprint density at radius 1 is 1.22 bits per heavy atom. The zero-order valence-electron chi connectivity index (χ0n) is 9.04. The summed E-state index contributed by atoms with van der Waals surface area (Å²) in [6, 6.07) is 3.56. The van der Waals surface area contributed by atoms with Crippen LogP contribution in [0.25, 0.3) is 0 Å². The Bertz CT molecular complexity index is 661. The van der Waals surface area contributed by atoms with Gasteiger partial charge in [-0.25, -0.2) is 22.8 Å². The van der Waals surface area contributed by atoms with Crippen molar-refractivity contribution in [2.24, 2.45) is 0 Å². The van der Waals surface area contributed by atoms with Gasteiger partial charge in [0.2, 0.25) is 0 Å². The van der Waals surface area contributed by atoms with Crippen LogP contribution in [0.2, 0.25) is 0 Å². The van der Waals surface area contributed by atoms with Crippen LogP contribution in [0.5, 0.6) is 0 Å². The summed E-state index contributed by atoms with van der Waals surface area (Å²) < 4.78 is 39.3. The second kappa shape index (κ2) is 4.57. The monoisotopic (exact) mass is 268 g/mol. The van der Waals surface area contributed by atoms with Gasteiger partial charge in [-0.05, 0) is 12.1 Å². The van der Waals surface area contributed by atoms with Crippen molar-refractivity contribution in [1.82, 2.24) is 9.97 Å². The van der Waals surface area contributed by atoms with Crippen molar-refractivity contribution in [2.75, 3.05) is 10.5 Å². The van der Waals surface area contributed by atoms with Crippen LogP contribution < -0.4 is 10.5 Å². The lowest BCUT2D eigenvalue weighted by Gasteiger charge is -2.09. The van der Waals surface area contributed by atoms with Crippen LogP contribution in [0.1, 0.15) is 0 Å². The fourth-order valence-corrected chi connectivity index (χ4v) is 2.48. The van der Waals surface area contributed by atoms with E-state index in [1.54, 1.807) is 0 Å². The van der Waals surface area contributed by atoms with E-state index in [0.717, 1.165) is 6.07 Å². The number of sulfonamides is 1. The van der Waals surface area contributed by atoms with Gasteiger partial charge in [0.25, 0.3) is 10.0 Å². The van der Waals surface area contributed by atoms with Crippen molar-refractivity contribution < 1.29 is 12.8 Å². The topological polar surface area (TPSA) is 98.0 Å². The molecule has 0 aliphatic heterocycles. The molecule has 3 N–H and O–H groups in total. The molecule has 94 valence electrons. The van der Waals surface area contributed by atoms with Crippen molar-refractivity contribution >= 4 is 21.4 Å². The Morgan fingerprint density at radius 2 is 1.89 bits per heavy atom. The van der Waals surface area contributed by atoms with Crippen LogP contribution in [0.15, 0.2) is 41.8 Å². The minimum absolute atomic E-state index is 0.168. The standard InChI is InChI=1S/C10H9FN4O2S/c11-8-2-1-3-9(10(8)12)18(16,17)15-7-4-13-6-14-5-7/h1-6,15H,12H2. The first-order chi connectivity index (χ1) is 8.50. The van der Waals surface area contributed by atoms with Crippen LogP contribution in [0.4, 0.5) is 15.8 Å². The summed E-state index contributed by atoms with van der Waals surface area (Å²) in [6.07, 6.45) is 3.81. The first-order valence-electron chi connectivity index (χ1n) is 4.82. The first kappa shape index (κ1) is 12.2. The van der Waals surface area contributed by atoms with Crippen LogP contribution in [-0.4, -0.2) is 18.4 Å². The molecule has 0 spiro atoms. The molecule has 0 radical (unpaired) electrons. The summed E-state index contributed by atoms with van der Waals surface area (Å²) in [6.45, 7) is 0. The zero-order valence-corrected chi connectivity index (χ0v) is 9.86. The molecule has 1 aromatic heterocycles. The van der Waals surface area contributed by atoms with E-state index in [1.807, 2.05) is 0 Å². The summed E-state index contributed by atoms with van der Waals surface area (Å²) in [5, 5.41) is 0. The molecule has 1 heterocycles. The molecule has 0 amide bonds. The van der Waals surface area contributed by atoms with Gasteiger partial charge in [-0.2, -0.15) is 0 Å². The summed E-state index contributed by atoms with van der Waals surface area (Å²) >= 11 is 0. The van der Waals surface area contributed by atoms with Crippen LogP contribution >= 0.6 is 0 Å². The fourth-order valence-electron chi connectivity index (χ4n) is 1.31. The van der Waals surface area contributed by atoms with Gasteiger partial charge in [-0.15, -0.1) is 0 Å². The zero-order chi connectivity index (χ0) is 13.2.